The Balaban J connectivity index is 1.52. The van der Waals surface area contributed by atoms with E-state index in [0.717, 1.165) is 18.2 Å². The molecule has 0 spiro atoms. The molecule has 1 aliphatic heterocycles. The van der Waals surface area contributed by atoms with Crippen molar-refractivity contribution in [3.63, 3.8) is 0 Å². The minimum absolute atomic E-state index is 0.0251. The first kappa shape index (κ1) is 27.2. The van der Waals surface area contributed by atoms with E-state index in [1.54, 1.807) is 6.92 Å². The number of carbonyl (C=O) groups is 1. The normalized spacial score (nSPS) is 18.0. The van der Waals surface area contributed by atoms with Crippen molar-refractivity contribution in [2.45, 2.75) is 30.5 Å². The number of primary amides is 1. The Labute approximate surface area is 234 Å². The summed E-state index contributed by atoms with van der Waals surface area (Å²) in [5, 5.41) is 25.9. The summed E-state index contributed by atoms with van der Waals surface area (Å²) in [5.74, 6) is -0.910. The van der Waals surface area contributed by atoms with Crippen molar-refractivity contribution >= 4 is 16.8 Å². The number of aromatic nitrogens is 6. The molecule has 0 unspecified atom stereocenters. The summed E-state index contributed by atoms with van der Waals surface area (Å²) in [5.41, 5.74) is 0.841. The van der Waals surface area contributed by atoms with Crippen LogP contribution in [0.3, 0.4) is 0 Å². The number of fused-ring (bicyclic) bond motifs is 2. The van der Waals surface area contributed by atoms with Gasteiger partial charge in [-0.1, -0.05) is 11.3 Å². The second-order valence-electron chi connectivity index (χ2n) is 10.2. The van der Waals surface area contributed by atoms with Crippen LogP contribution in [0.15, 0.2) is 60.7 Å². The van der Waals surface area contributed by atoms with Crippen molar-refractivity contribution < 1.29 is 32.2 Å². The van der Waals surface area contributed by atoms with Gasteiger partial charge in [-0.25, -0.2) is 9.37 Å². The summed E-state index contributed by atoms with van der Waals surface area (Å²) in [6.07, 6.45) is -6.19. The smallest absolute Gasteiger partial charge is 0.423 e. The lowest BCUT2D eigenvalue weighted by molar-refractivity contribution is -0.268. The van der Waals surface area contributed by atoms with Gasteiger partial charge in [-0.15, -0.1) is 10.2 Å². The van der Waals surface area contributed by atoms with Gasteiger partial charge in [0.1, 0.15) is 23.9 Å². The van der Waals surface area contributed by atoms with Crippen LogP contribution in [0.4, 0.5) is 17.6 Å². The van der Waals surface area contributed by atoms with Gasteiger partial charge in [0.25, 0.3) is 0 Å². The molecule has 1 amide bonds. The number of nitrogens with zero attached hydrogens (tertiary/aromatic N) is 5. The van der Waals surface area contributed by atoms with E-state index in [4.69, 9.17) is 10.5 Å². The van der Waals surface area contributed by atoms with Gasteiger partial charge in [0.15, 0.2) is 5.82 Å². The van der Waals surface area contributed by atoms with Gasteiger partial charge in [0.05, 0.1) is 16.6 Å². The van der Waals surface area contributed by atoms with E-state index in [1.165, 1.54) is 42.5 Å². The molecule has 5 aromatic rings. The molecule has 2 aromatic carbocycles. The molecule has 214 valence electrons. The van der Waals surface area contributed by atoms with E-state index < -0.39 is 41.0 Å². The van der Waals surface area contributed by atoms with Crippen LogP contribution in [0.2, 0.25) is 0 Å². The first-order chi connectivity index (χ1) is 19.9. The number of hydrogen-bond acceptors (Lipinski definition) is 8. The Morgan fingerprint density at radius 2 is 1.86 bits per heavy atom. The third kappa shape index (κ3) is 4.40. The number of amides is 1. The number of rotatable bonds is 6. The number of pyridine rings is 2. The molecular weight excluding hydrogens is 558 g/mol. The highest BCUT2D eigenvalue weighted by Crippen LogP contribution is 2.50. The topological polar surface area (TPSA) is 153 Å². The van der Waals surface area contributed by atoms with Crippen LogP contribution in [-0.4, -0.2) is 54.4 Å². The fraction of sp³-hybridized carbons (Fsp3) is 0.214. The minimum atomic E-state index is -5.21. The monoisotopic (exact) mass is 579 g/mol. The van der Waals surface area contributed by atoms with Gasteiger partial charge in [0.2, 0.25) is 11.5 Å². The predicted molar refractivity (Wildman–Crippen MR) is 140 cm³/mol. The van der Waals surface area contributed by atoms with E-state index in [0.29, 0.717) is 10.9 Å². The van der Waals surface area contributed by atoms with Crippen LogP contribution in [0.5, 0.6) is 5.75 Å². The SMILES string of the molecule is C[C@]1(c2nn[nH]n2)COc2c1cc([C@@](O)(Cc1ccc3cc(C(N)=O)ccc3n1)C(F)(F)F)nc2-c1ccc(F)cc1. The summed E-state index contributed by atoms with van der Waals surface area (Å²) in [4.78, 5) is 20.1. The lowest BCUT2D eigenvalue weighted by Crippen LogP contribution is -2.45. The Hall–Kier alpha value is -4.98. The molecule has 4 N–H and O–H groups in total. The maximum Gasteiger partial charge on any atom is 0.423 e. The quantitative estimate of drug-likeness (QED) is 0.257. The highest BCUT2D eigenvalue weighted by atomic mass is 19.4. The van der Waals surface area contributed by atoms with Gasteiger partial charge in [0, 0.05) is 34.2 Å². The molecule has 0 radical (unpaired) electrons. The maximum absolute atomic E-state index is 14.8. The molecule has 14 heteroatoms. The van der Waals surface area contributed by atoms with Crippen LogP contribution in [0.25, 0.3) is 22.2 Å². The third-order valence-electron chi connectivity index (χ3n) is 7.39. The summed E-state index contributed by atoms with van der Waals surface area (Å²) < 4.78 is 64.2. The molecule has 0 aliphatic carbocycles. The predicted octanol–water partition coefficient (Wildman–Crippen LogP) is 3.74. The Morgan fingerprint density at radius 1 is 1.10 bits per heavy atom. The van der Waals surface area contributed by atoms with Gasteiger partial charge < -0.3 is 15.6 Å². The number of hydrogen-bond donors (Lipinski definition) is 3. The molecule has 0 saturated heterocycles. The van der Waals surface area contributed by atoms with Crippen LogP contribution < -0.4 is 10.5 Å². The van der Waals surface area contributed by atoms with Crippen LogP contribution in [0, 0.1) is 5.82 Å². The number of aliphatic hydroxyl groups is 1. The number of H-pyrrole nitrogens is 1. The molecule has 0 bridgehead atoms. The standard InChI is InChI=1S/C28H21F4N7O3/c1-26(25-36-38-39-37-25)13-42-23-19(26)11-21(35-22(23)14-2-6-17(29)7-3-14)27(41,28(30,31)32)12-18-8-4-15-10-16(24(33)40)5-9-20(15)34-18/h2-11,41H,12-13H2,1H3,(H2,33,40)(H,36,37,38,39)/t26-,27-/m0/s1. The number of carbonyl (C=O) groups excluding carboxylic acids is 1. The van der Waals surface area contributed by atoms with E-state index in [2.05, 4.69) is 30.6 Å². The van der Waals surface area contributed by atoms with E-state index in [1.807, 2.05) is 0 Å². The third-order valence-corrected chi connectivity index (χ3v) is 7.39. The zero-order valence-electron chi connectivity index (χ0n) is 21.8. The maximum atomic E-state index is 14.8. The van der Waals surface area contributed by atoms with Gasteiger partial charge in [-0.3, -0.25) is 9.78 Å². The average molecular weight is 580 g/mol. The lowest BCUT2D eigenvalue weighted by atomic mass is 9.81. The number of tetrazole rings is 1. The molecule has 6 rings (SSSR count). The zero-order chi connectivity index (χ0) is 29.9. The van der Waals surface area contributed by atoms with Crippen molar-refractivity contribution in [1.82, 2.24) is 30.6 Å². The van der Waals surface area contributed by atoms with Crippen molar-refractivity contribution in [3.8, 4) is 17.0 Å². The molecule has 3 aromatic heterocycles. The summed E-state index contributed by atoms with van der Waals surface area (Å²) in [6, 6.07) is 13.3. The zero-order valence-corrected chi connectivity index (χ0v) is 21.8. The summed E-state index contributed by atoms with van der Waals surface area (Å²) in [6.45, 7) is 1.62. The minimum Gasteiger partial charge on any atom is -0.490 e. The average Bonchev–Trinajstić information content (AvgIpc) is 3.62. The highest BCUT2D eigenvalue weighted by Gasteiger charge is 2.57. The molecule has 1 aliphatic rings. The number of ether oxygens (including phenoxy) is 1. The van der Waals surface area contributed by atoms with Crippen LogP contribution in [-0.2, 0) is 17.4 Å². The second-order valence-corrected chi connectivity index (χ2v) is 10.2. The highest BCUT2D eigenvalue weighted by molar-refractivity contribution is 5.96. The van der Waals surface area contributed by atoms with Gasteiger partial charge in [-0.2, -0.15) is 18.4 Å². The van der Waals surface area contributed by atoms with Gasteiger partial charge in [-0.05, 0) is 61.5 Å². The number of benzene rings is 2. The number of alkyl halides is 3. The molecule has 2 atom stereocenters. The first-order valence-corrected chi connectivity index (χ1v) is 12.6. The summed E-state index contributed by atoms with van der Waals surface area (Å²) >= 11 is 0. The molecule has 0 saturated carbocycles. The number of halogens is 4. The fourth-order valence-corrected chi connectivity index (χ4v) is 5.00. The Morgan fingerprint density at radius 3 is 2.52 bits per heavy atom. The number of nitrogens with one attached hydrogen (secondary N) is 1. The molecule has 10 nitrogen and oxygen atoms in total. The van der Waals surface area contributed by atoms with Crippen LogP contribution >= 0.6 is 0 Å². The van der Waals surface area contributed by atoms with E-state index >= 15 is 0 Å². The first-order valence-electron chi connectivity index (χ1n) is 12.6. The van der Waals surface area contributed by atoms with E-state index in [9.17, 15) is 27.5 Å². The second kappa shape index (κ2) is 9.55. The number of nitrogens with two attached hydrogens (primary N) is 1. The molecule has 0 fully saturated rings. The Bertz CT molecular complexity index is 1830. The van der Waals surface area contributed by atoms with Crippen molar-refractivity contribution in [2.24, 2.45) is 5.73 Å². The van der Waals surface area contributed by atoms with Crippen molar-refractivity contribution in [2.75, 3.05) is 6.61 Å². The molecular formula is C28H21F4N7O3. The van der Waals surface area contributed by atoms with Crippen molar-refractivity contribution in [1.29, 1.82) is 0 Å². The lowest BCUT2D eigenvalue weighted by Gasteiger charge is -2.31. The van der Waals surface area contributed by atoms with Crippen molar-refractivity contribution in [3.05, 3.63) is 94.8 Å². The molecule has 42 heavy (non-hydrogen) atoms. The van der Waals surface area contributed by atoms with Crippen LogP contribution in [0.1, 0.15) is 40.1 Å². The summed E-state index contributed by atoms with van der Waals surface area (Å²) in [7, 11) is 0. The Kier molecular flexibility index (Phi) is 6.18. The van der Waals surface area contributed by atoms with E-state index in [-0.39, 0.29) is 46.3 Å². The fourth-order valence-electron chi connectivity index (χ4n) is 5.00. The molecule has 4 heterocycles. The van der Waals surface area contributed by atoms with Gasteiger partial charge >= 0.3 is 6.18 Å². The largest absolute Gasteiger partial charge is 0.490 e. The number of aromatic amines is 1.